The molecular weight excluding hydrogens is 352 g/mol. The van der Waals surface area contributed by atoms with Gasteiger partial charge in [0.2, 0.25) is 0 Å². The van der Waals surface area contributed by atoms with E-state index in [0.29, 0.717) is 23.4 Å². The van der Waals surface area contributed by atoms with Crippen molar-refractivity contribution in [3.8, 4) is 5.69 Å². The molecule has 1 aliphatic heterocycles. The Morgan fingerprint density at radius 3 is 2.36 bits per heavy atom. The molecule has 1 unspecified atom stereocenters. The van der Waals surface area contributed by atoms with E-state index in [1.807, 2.05) is 60.3 Å². The van der Waals surface area contributed by atoms with Crippen LogP contribution in [0.4, 0.5) is 5.69 Å². The number of hydrogen-bond acceptors (Lipinski definition) is 3. The molecule has 0 saturated heterocycles. The van der Waals surface area contributed by atoms with Crippen LogP contribution < -0.4 is 4.90 Å². The van der Waals surface area contributed by atoms with Crippen molar-refractivity contribution < 1.29 is 14.7 Å². The van der Waals surface area contributed by atoms with E-state index in [-0.39, 0.29) is 12.2 Å². The van der Waals surface area contributed by atoms with E-state index in [9.17, 15) is 14.7 Å². The van der Waals surface area contributed by atoms with E-state index in [0.717, 1.165) is 12.1 Å². The zero-order valence-electron chi connectivity index (χ0n) is 15.7. The number of anilines is 1. The van der Waals surface area contributed by atoms with Gasteiger partial charge in [-0.3, -0.25) is 9.59 Å². The predicted octanol–water partition coefficient (Wildman–Crippen LogP) is 3.69. The summed E-state index contributed by atoms with van der Waals surface area (Å²) in [6.45, 7) is 2.49. The number of amides is 1. The molecule has 2 heterocycles. The molecule has 0 bridgehead atoms. The number of rotatable bonds is 6. The molecule has 2 aromatic carbocycles. The van der Waals surface area contributed by atoms with E-state index >= 15 is 0 Å². The molecule has 28 heavy (non-hydrogen) atoms. The lowest BCUT2D eigenvalue weighted by Crippen LogP contribution is -2.42. The number of aliphatic hydroxyl groups is 1. The molecule has 0 radical (unpaired) electrons. The lowest BCUT2D eigenvalue weighted by atomic mass is 9.88. The highest BCUT2D eigenvalue weighted by Crippen LogP contribution is 2.42. The number of carbonyl (C=O) groups excluding carboxylic acids is 2. The third-order valence-corrected chi connectivity index (χ3v) is 5.19. The molecule has 1 N–H and O–H groups in total. The number of carbonyl (C=O) groups is 2. The Balaban J connectivity index is 1.61. The second kappa shape index (κ2) is 7.09. The molecule has 0 aliphatic carbocycles. The Bertz CT molecular complexity index is 1010. The summed E-state index contributed by atoms with van der Waals surface area (Å²) in [4.78, 5) is 27.4. The highest BCUT2D eigenvalue weighted by atomic mass is 16.3. The highest BCUT2D eigenvalue weighted by molar-refractivity contribution is 6.10. The molecule has 1 aromatic heterocycles. The summed E-state index contributed by atoms with van der Waals surface area (Å²) in [5, 5.41) is 11.2. The maximum atomic E-state index is 13.0. The number of nitrogens with zero attached hydrogens (tertiary/aromatic N) is 2. The molecule has 142 valence electrons. The van der Waals surface area contributed by atoms with E-state index in [1.54, 1.807) is 29.2 Å². The van der Waals surface area contributed by atoms with E-state index in [2.05, 4.69) is 0 Å². The lowest BCUT2D eigenvalue weighted by molar-refractivity contribution is -0.135. The van der Waals surface area contributed by atoms with Crippen molar-refractivity contribution in [1.29, 1.82) is 0 Å². The van der Waals surface area contributed by atoms with Crippen LogP contribution in [-0.4, -0.2) is 27.9 Å². The highest BCUT2D eigenvalue weighted by Gasteiger charge is 2.50. The Labute approximate surface area is 163 Å². The summed E-state index contributed by atoms with van der Waals surface area (Å²) in [7, 11) is 0. The fraction of sp³-hybridized carbons (Fsp3) is 0.217. The van der Waals surface area contributed by atoms with Crippen LogP contribution in [0.3, 0.4) is 0 Å². The Hall–Kier alpha value is -3.18. The Kier molecular flexibility index (Phi) is 4.61. The van der Waals surface area contributed by atoms with Gasteiger partial charge in [0.25, 0.3) is 5.91 Å². The number of fused-ring (bicyclic) bond motifs is 1. The normalized spacial score (nSPS) is 18.4. The zero-order valence-corrected chi connectivity index (χ0v) is 15.7. The zero-order chi connectivity index (χ0) is 19.7. The first-order valence-electron chi connectivity index (χ1n) is 9.45. The molecule has 4 rings (SSSR count). The molecule has 1 atom stereocenters. The van der Waals surface area contributed by atoms with Crippen molar-refractivity contribution in [2.24, 2.45) is 0 Å². The van der Waals surface area contributed by atoms with Gasteiger partial charge in [0, 0.05) is 35.8 Å². The van der Waals surface area contributed by atoms with Gasteiger partial charge < -0.3 is 14.6 Å². The van der Waals surface area contributed by atoms with E-state index in [4.69, 9.17) is 0 Å². The number of para-hydroxylation sites is 1. The minimum atomic E-state index is -1.82. The fourth-order valence-electron chi connectivity index (χ4n) is 3.78. The summed E-state index contributed by atoms with van der Waals surface area (Å²) < 4.78 is 1.95. The summed E-state index contributed by atoms with van der Waals surface area (Å²) in [6, 6.07) is 18.2. The molecule has 5 nitrogen and oxygen atoms in total. The van der Waals surface area contributed by atoms with Crippen molar-refractivity contribution in [1.82, 2.24) is 4.57 Å². The molecule has 0 fully saturated rings. The maximum absolute atomic E-state index is 13.0. The van der Waals surface area contributed by atoms with Gasteiger partial charge in [-0.25, -0.2) is 0 Å². The smallest absolute Gasteiger partial charge is 0.264 e. The molecule has 3 aromatic rings. The van der Waals surface area contributed by atoms with Gasteiger partial charge in [0.05, 0.1) is 12.1 Å². The number of benzene rings is 2. The van der Waals surface area contributed by atoms with Gasteiger partial charge in [-0.15, -0.1) is 0 Å². The molecule has 1 amide bonds. The summed E-state index contributed by atoms with van der Waals surface area (Å²) in [6.07, 6.45) is 4.35. The minimum absolute atomic E-state index is 0.261. The maximum Gasteiger partial charge on any atom is 0.264 e. The first-order valence-corrected chi connectivity index (χ1v) is 9.45. The second-order valence-corrected chi connectivity index (χ2v) is 7.07. The van der Waals surface area contributed by atoms with Gasteiger partial charge in [0.1, 0.15) is 0 Å². The predicted molar refractivity (Wildman–Crippen MR) is 108 cm³/mol. The first-order chi connectivity index (χ1) is 13.5. The number of Topliss-reactive ketones (excluding diaryl/α,β-unsaturated/α-hetero) is 1. The summed E-state index contributed by atoms with van der Waals surface area (Å²) in [5.74, 6) is -0.684. The average Bonchev–Trinajstić information content (AvgIpc) is 3.32. The monoisotopic (exact) mass is 374 g/mol. The fourth-order valence-corrected chi connectivity index (χ4v) is 3.78. The van der Waals surface area contributed by atoms with Crippen molar-refractivity contribution in [3.05, 3.63) is 84.2 Å². The summed E-state index contributed by atoms with van der Waals surface area (Å²) >= 11 is 0. The average molecular weight is 374 g/mol. The summed E-state index contributed by atoms with van der Waals surface area (Å²) in [5.41, 5.74) is 0.792. The molecule has 0 spiro atoms. The Morgan fingerprint density at radius 2 is 1.68 bits per heavy atom. The van der Waals surface area contributed by atoms with E-state index in [1.165, 1.54) is 0 Å². The second-order valence-electron chi connectivity index (χ2n) is 7.07. The molecule has 5 heteroatoms. The number of hydrogen-bond donors (Lipinski definition) is 1. The topological polar surface area (TPSA) is 62.5 Å². The van der Waals surface area contributed by atoms with Crippen LogP contribution in [0.1, 0.15) is 35.7 Å². The largest absolute Gasteiger partial charge is 0.375 e. The van der Waals surface area contributed by atoms with Crippen LogP contribution in [0.25, 0.3) is 5.69 Å². The molecular formula is C23H22N2O3. The van der Waals surface area contributed by atoms with Crippen LogP contribution in [0, 0.1) is 0 Å². The minimum Gasteiger partial charge on any atom is -0.375 e. The molecule has 0 saturated carbocycles. The SMILES string of the molecule is CCCN1C(=O)C(O)(CC(=O)c2ccc(-n3cccc3)cc2)c2ccccc21. The third kappa shape index (κ3) is 2.94. The quantitative estimate of drug-likeness (QED) is 0.669. The third-order valence-electron chi connectivity index (χ3n) is 5.19. The van der Waals surface area contributed by atoms with Crippen LogP contribution >= 0.6 is 0 Å². The first kappa shape index (κ1) is 18.2. The van der Waals surface area contributed by atoms with Gasteiger partial charge in [-0.2, -0.15) is 0 Å². The van der Waals surface area contributed by atoms with Crippen LogP contribution in [-0.2, 0) is 10.4 Å². The van der Waals surface area contributed by atoms with Crippen molar-refractivity contribution in [2.45, 2.75) is 25.4 Å². The standard InChI is InChI=1S/C23H22N2O3/c1-2-13-25-20-8-4-3-7-19(20)23(28,22(25)27)16-21(26)17-9-11-18(12-10-17)24-14-5-6-15-24/h3-12,14-15,28H,2,13,16H2,1H3. The van der Waals surface area contributed by atoms with Gasteiger partial charge in [-0.1, -0.05) is 25.1 Å². The van der Waals surface area contributed by atoms with E-state index < -0.39 is 11.5 Å². The lowest BCUT2D eigenvalue weighted by Gasteiger charge is -2.22. The van der Waals surface area contributed by atoms with Gasteiger partial charge >= 0.3 is 0 Å². The molecule has 1 aliphatic rings. The number of ketones is 1. The Morgan fingerprint density at radius 1 is 1.00 bits per heavy atom. The van der Waals surface area contributed by atoms with Crippen LogP contribution in [0.2, 0.25) is 0 Å². The van der Waals surface area contributed by atoms with Crippen molar-refractivity contribution >= 4 is 17.4 Å². The number of aromatic nitrogens is 1. The van der Waals surface area contributed by atoms with Gasteiger partial charge in [0.15, 0.2) is 11.4 Å². The van der Waals surface area contributed by atoms with Crippen LogP contribution in [0.5, 0.6) is 0 Å². The van der Waals surface area contributed by atoms with Crippen molar-refractivity contribution in [3.63, 3.8) is 0 Å². The van der Waals surface area contributed by atoms with Crippen molar-refractivity contribution in [2.75, 3.05) is 11.4 Å². The van der Waals surface area contributed by atoms with Crippen LogP contribution in [0.15, 0.2) is 73.1 Å². The van der Waals surface area contributed by atoms with Gasteiger partial charge in [-0.05, 0) is 48.9 Å².